The summed E-state index contributed by atoms with van der Waals surface area (Å²) in [6, 6.07) is -1.60. The lowest BCUT2D eigenvalue weighted by atomic mass is 10.2. The van der Waals surface area contributed by atoms with Crippen molar-refractivity contribution < 1.29 is 24.6 Å². The van der Waals surface area contributed by atoms with E-state index in [1.807, 2.05) is 5.32 Å². The zero-order valence-corrected chi connectivity index (χ0v) is 7.17. The third-order valence-electron chi connectivity index (χ3n) is 1.11. The highest BCUT2D eigenvalue weighted by Crippen LogP contribution is 1.90. The van der Waals surface area contributed by atoms with Gasteiger partial charge in [0, 0.05) is 12.4 Å². The molecule has 0 saturated carbocycles. The lowest BCUT2D eigenvalue weighted by Crippen LogP contribution is -2.50. The second kappa shape index (κ2) is 5.36. The lowest BCUT2D eigenvalue weighted by molar-refractivity contribution is -0.317. The van der Waals surface area contributed by atoms with Gasteiger partial charge in [-0.1, -0.05) is 0 Å². The number of alkyl halides is 1. The van der Waals surface area contributed by atoms with Gasteiger partial charge < -0.3 is 25.1 Å². The topological polar surface area (TPSA) is 109 Å². The van der Waals surface area contributed by atoms with Gasteiger partial charge >= 0.3 is 0 Å². The molecule has 0 aliphatic rings. The number of halogens is 1. The molecule has 0 fully saturated rings. The molecule has 6 nitrogen and oxygen atoms in total. The Morgan fingerprint density at radius 1 is 1.31 bits per heavy atom. The van der Waals surface area contributed by atoms with Crippen LogP contribution in [0.4, 0.5) is 0 Å². The molecule has 1 amide bonds. The molecule has 13 heavy (non-hydrogen) atoms. The van der Waals surface area contributed by atoms with E-state index >= 15 is 0 Å². The number of aliphatic carboxylic acids is 2. The predicted molar refractivity (Wildman–Crippen MR) is 37.3 cm³/mol. The minimum absolute atomic E-state index is 0.448. The number of carboxylic acid groups (broad SMARTS) is 2. The number of carbonyl (C=O) groups excluding carboxylic acids is 3. The zero-order valence-electron chi connectivity index (χ0n) is 6.41. The molecule has 1 atom stereocenters. The molecule has 0 unspecified atom stereocenters. The van der Waals surface area contributed by atoms with Crippen LogP contribution in [0.15, 0.2) is 0 Å². The maximum absolute atomic E-state index is 10.6. The summed E-state index contributed by atoms with van der Waals surface area (Å²) in [5.74, 6) is -4.51. The lowest BCUT2D eigenvalue weighted by Gasteiger charge is -2.19. The van der Waals surface area contributed by atoms with Gasteiger partial charge in [-0.3, -0.25) is 4.79 Å². The molecule has 0 heterocycles. The Morgan fingerprint density at radius 3 is 2.15 bits per heavy atom. The summed E-state index contributed by atoms with van der Waals surface area (Å²) in [7, 11) is 0. The monoisotopic (exact) mass is 207 g/mol. The average molecular weight is 208 g/mol. The van der Waals surface area contributed by atoms with Gasteiger partial charge in [0.2, 0.25) is 5.91 Å². The Hall–Kier alpha value is -1.30. The highest BCUT2D eigenvalue weighted by atomic mass is 35.5. The van der Waals surface area contributed by atoms with Crippen LogP contribution in [0, 0.1) is 0 Å². The molecule has 0 spiro atoms. The zero-order chi connectivity index (χ0) is 10.4. The van der Waals surface area contributed by atoms with Crippen LogP contribution < -0.4 is 15.5 Å². The number of carbonyl (C=O) groups is 3. The van der Waals surface area contributed by atoms with Crippen molar-refractivity contribution in [3.8, 4) is 0 Å². The van der Waals surface area contributed by atoms with Gasteiger partial charge in [-0.15, -0.1) is 11.6 Å². The quantitative estimate of drug-likeness (QED) is 0.473. The normalized spacial score (nSPS) is 11.8. The third kappa shape index (κ3) is 5.02. The smallest absolute Gasteiger partial charge is 0.235 e. The Bertz CT molecular complexity index is 229. The number of hydrogen-bond donors (Lipinski definition) is 1. The molecular weight excluding hydrogens is 202 g/mol. The molecule has 0 aromatic carbocycles. The minimum Gasteiger partial charge on any atom is -0.550 e. The van der Waals surface area contributed by atoms with Crippen LogP contribution in [0.2, 0.25) is 0 Å². The number of nitrogens with one attached hydrogen (secondary N) is 1. The molecule has 0 aromatic rings. The van der Waals surface area contributed by atoms with Crippen molar-refractivity contribution >= 4 is 29.4 Å². The van der Waals surface area contributed by atoms with E-state index in [1.165, 1.54) is 0 Å². The SMILES string of the molecule is O=C([O-])C[C@@H](NC(=O)CCl)C(=O)[O-]. The third-order valence-corrected chi connectivity index (χ3v) is 1.35. The first-order valence-electron chi connectivity index (χ1n) is 3.23. The maximum atomic E-state index is 10.6. The number of amides is 1. The summed E-state index contributed by atoms with van der Waals surface area (Å²) in [6.45, 7) is 0. The standard InChI is InChI=1S/C6H8ClNO5/c7-2-4(9)8-3(6(12)13)1-5(10)11/h3H,1-2H2,(H,8,9)(H,10,11)(H,12,13)/p-2/t3-/m1/s1. The van der Waals surface area contributed by atoms with Crippen LogP contribution in [-0.2, 0) is 14.4 Å². The number of rotatable bonds is 5. The first kappa shape index (κ1) is 11.7. The van der Waals surface area contributed by atoms with E-state index in [2.05, 4.69) is 0 Å². The van der Waals surface area contributed by atoms with Crippen molar-refractivity contribution in [3.63, 3.8) is 0 Å². The molecule has 7 heteroatoms. The van der Waals surface area contributed by atoms with Crippen LogP contribution in [0.25, 0.3) is 0 Å². The van der Waals surface area contributed by atoms with Crippen LogP contribution in [-0.4, -0.2) is 29.8 Å². The summed E-state index contributed by atoms with van der Waals surface area (Å²) in [6.07, 6.45) is -0.842. The fourth-order valence-corrected chi connectivity index (χ4v) is 0.670. The highest BCUT2D eigenvalue weighted by Gasteiger charge is 2.12. The van der Waals surface area contributed by atoms with Crippen LogP contribution in [0.3, 0.4) is 0 Å². The highest BCUT2D eigenvalue weighted by molar-refractivity contribution is 6.27. The molecule has 0 bridgehead atoms. The van der Waals surface area contributed by atoms with Crippen molar-refractivity contribution in [2.45, 2.75) is 12.5 Å². The second-order valence-electron chi connectivity index (χ2n) is 2.15. The van der Waals surface area contributed by atoms with Gasteiger partial charge in [0.15, 0.2) is 0 Å². The number of carboxylic acids is 2. The summed E-state index contributed by atoms with van der Waals surface area (Å²) < 4.78 is 0. The van der Waals surface area contributed by atoms with E-state index in [-0.39, 0.29) is 0 Å². The molecule has 1 N–H and O–H groups in total. The summed E-state index contributed by atoms with van der Waals surface area (Å²) in [5, 5.41) is 22.1. The first-order valence-corrected chi connectivity index (χ1v) is 3.77. The Balaban J connectivity index is 4.18. The summed E-state index contributed by atoms with van der Waals surface area (Å²) >= 11 is 5.05. The first-order chi connectivity index (χ1) is 5.97. The fraction of sp³-hybridized carbons (Fsp3) is 0.500. The molecule has 0 radical (unpaired) electrons. The van der Waals surface area contributed by atoms with Crippen LogP contribution in [0.1, 0.15) is 6.42 Å². The van der Waals surface area contributed by atoms with Crippen molar-refractivity contribution in [3.05, 3.63) is 0 Å². The Morgan fingerprint density at radius 2 is 1.85 bits per heavy atom. The molecule has 74 valence electrons. The molecule has 0 saturated heterocycles. The molecule has 0 rings (SSSR count). The molecular formula is C6H6ClNO5-2. The van der Waals surface area contributed by atoms with E-state index in [1.54, 1.807) is 0 Å². The van der Waals surface area contributed by atoms with E-state index in [0.717, 1.165) is 0 Å². The van der Waals surface area contributed by atoms with E-state index < -0.39 is 36.2 Å². The van der Waals surface area contributed by atoms with Gasteiger partial charge in [-0.25, -0.2) is 0 Å². The largest absolute Gasteiger partial charge is 0.550 e. The van der Waals surface area contributed by atoms with Gasteiger partial charge in [0.1, 0.15) is 5.88 Å². The van der Waals surface area contributed by atoms with Crippen molar-refractivity contribution in [2.24, 2.45) is 0 Å². The maximum Gasteiger partial charge on any atom is 0.235 e. The fourth-order valence-electron chi connectivity index (χ4n) is 0.593. The van der Waals surface area contributed by atoms with Gasteiger partial charge in [-0.05, 0) is 0 Å². The number of hydrogen-bond acceptors (Lipinski definition) is 5. The Kier molecular flexibility index (Phi) is 4.83. The average Bonchev–Trinajstić information content (AvgIpc) is 2.02. The van der Waals surface area contributed by atoms with Crippen LogP contribution in [0.5, 0.6) is 0 Å². The summed E-state index contributed by atoms with van der Waals surface area (Å²) in [4.78, 5) is 30.8. The van der Waals surface area contributed by atoms with Crippen LogP contribution >= 0.6 is 11.6 Å². The predicted octanol–water partition coefficient (Wildman–Crippen LogP) is -3.40. The minimum atomic E-state index is -1.69. The van der Waals surface area contributed by atoms with Gasteiger partial charge in [0.25, 0.3) is 0 Å². The van der Waals surface area contributed by atoms with Crippen molar-refractivity contribution in [1.82, 2.24) is 5.32 Å². The van der Waals surface area contributed by atoms with Crippen molar-refractivity contribution in [1.29, 1.82) is 0 Å². The second-order valence-corrected chi connectivity index (χ2v) is 2.42. The molecule has 0 aliphatic heterocycles. The van der Waals surface area contributed by atoms with Gasteiger partial charge in [-0.2, -0.15) is 0 Å². The van der Waals surface area contributed by atoms with E-state index in [0.29, 0.717) is 0 Å². The van der Waals surface area contributed by atoms with E-state index in [9.17, 15) is 24.6 Å². The Labute approximate surface area is 78.5 Å². The van der Waals surface area contributed by atoms with E-state index in [4.69, 9.17) is 11.6 Å². The van der Waals surface area contributed by atoms with Gasteiger partial charge in [0.05, 0.1) is 12.0 Å². The molecule has 0 aromatic heterocycles. The van der Waals surface area contributed by atoms with Crippen molar-refractivity contribution in [2.75, 3.05) is 5.88 Å². The molecule has 0 aliphatic carbocycles. The summed E-state index contributed by atoms with van der Waals surface area (Å²) in [5.41, 5.74) is 0.